The Hall–Kier alpha value is -5.58. The van der Waals surface area contributed by atoms with Gasteiger partial charge in [0.2, 0.25) is 0 Å². The third-order valence-electron chi connectivity index (χ3n) is 6.75. The van der Waals surface area contributed by atoms with Crippen molar-refractivity contribution < 1.29 is 52.5 Å². The molecule has 3 aromatic carbocycles. The predicted molar refractivity (Wildman–Crippen MR) is 170 cm³/mol. The van der Waals surface area contributed by atoms with Crippen LogP contribution in [0, 0.1) is 6.92 Å². The fraction of sp³-hybridized carbons (Fsp3) is 0.278. The van der Waals surface area contributed by atoms with Crippen LogP contribution in [0.1, 0.15) is 85.5 Å². The van der Waals surface area contributed by atoms with E-state index < -0.39 is 23.9 Å². The van der Waals surface area contributed by atoms with Crippen molar-refractivity contribution >= 4 is 36.4 Å². The molecule has 0 unspecified atom stereocenters. The van der Waals surface area contributed by atoms with E-state index in [2.05, 4.69) is 6.58 Å². The van der Waals surface area contributed by atoms with Gasteiger partial charge in [0, 0.05) is 18.1 Å². The summed E-state index contributed by atoms with van der Waals surface area (Å²) in [6.45, 7) is 5.87. The van der Waals surface area contributed by atoms with Crippen LogP contribution in [0.25, 0.3) is 0 Å². The molecule has 3 rings (SSSR count). The Kier molecular flexibility index (Phi) is 14.5. The van der Waals surface area contributed by atoms with Crippen LogP contribution in [0.3, 0.4) is 0 Å². The number of aryl methyl sites for hydroxylation is 1. The van der Waals surface area contributed by atoms with Crippen LogP contribution < -0.4 is 14.2 Å². The minimum atomic E-state index is -0.724. The second-order valence-corrected chi connectivity index (χ2v) is 10.3. The lowest BCUT2D eigenvalue weighted by atomic mass is 10.1. The highest BCUT2D eigenvalue weighted by atomic mass is 16.5. The molecule has 3 aromatic rings. The Balaban J connectivity index is 1.40. The topological polar surface area (TPSA) is 149 Å². The Labute approximate surface area is 272 Å². The second-order valence-electron chi connectivity index (χ2n) is 10.3. The summed E-state index contributed by atoms with van der Waals surface area (Å²) in [6, 6.07) is 15.0. The van der Waals surface area contributed by atoms with Crippen LogP contribution in [0.2, 0.25) is 0 Å². The molecule has 0 N–H and O–H groups in total. The van der Waals surface area contributed by atoms with Gasteiger partial charge in [-0.05, 0) is 99.2 Å². The van der Waals surface area contributed by atoms with Crippen LogP contribution in [0.4, 0.5) is 0 Å². The number of esters is 4. The van der Waals surface area contributed by atoms with Crippen molar-refractivity contribution in [3.63, 3.8) is 0 Å². The number of aldehydes is 2. The highest BCUT2D eigenvalue weighted by molar-refractivity contribution is 5.95. The molecule has 11 heteroatoms. The number of hydrogen-bond acceptors (Lipinski definition) is 11. The van der Waals surface area contributed by atoms with Gasteiger partial charge in [0.05, 0.1) is 36.5 Å². The van der Waals surface area contributed by atoms with Crippen molar-refractivity contribution in [2.75, 3.05) is 19.8 Å². The first-order valence-corrected chi connectivity index (χ1v) is 15.0. The van der Waals surface area contributed by atoms with Gasteiger partial charge in [0.15, 0.2) is 6.29 Å². The summed E-state index contributed by atoms with van der Waals surface area (Å²) in [6.07, 6.45) is 5.80. The van der Waals surface area contributed by atoms with E-state index in [1.54, 1.807) is 31.2 Å². The molecule has 0 aliphatic rings. The van der Waals surface area contributed by atoms with E-state index in [0.29, 0.717) is 37.1 Å². The molecular weight excluding hydrogens is 608 g/mol. The van der Waals surface area contributed by atoms with E-state index in [1.807, 2.05) is 0 Å². The average Bonchev–Trinajstić information content (AvgIpc) is 3.08. The summed E-state index contributed by atoms with van der Waals surface area (Å²) in [5, 5.41) is 0. The van der Waals surface area contributed by atoms with E-state index >= 15 is 0 Å². The molecule has 0 saturated heterocycles. The fourth-order valence-electron chi connectivity index (χ4n) is 4.14. The van der Waals surface area contributed by atoms with Crippen molar-refractivity contribution in [2.24, 2.45) is 0 Å². The Morgan fingerprint density at radius 2 is 1.32 bits per heavy atom. The van der Waals surface area contributed by atoms with E-state index in [1.165, 1.54) is 36.4 Å². The molecule has 47 heavy (non-hydrogen) atoms. The lowest BCUT2D eigenvalue weighted by Crippen LogP contribution is -2.13. The van der Waals surface area contributed by atoms with Crippen molar-refractivity contribution in [3.8, 4) is 17.2 Å². The normalized spacial score (nSPS) is 10.3. The minimum Gasteiger partial charge on any atom is -0.494 e. The lowest BCUT2D eigenvalue weighted by Gasteiger charge is -2.10. The molecule has 0 fully saturated rings. The number of ether oxygens (including phenoxy) is 5. The van der Waals surface area contributed by atoms with Crippen molar-refractivity contribution in [1.82, 2.24) is 0 Å². The van der Waals surface area contributed by atoms with Crippen molar-refractivity contribution in [1.29, 1.82) is 0 Å². The Morgan fingerprint density at radius 3 is 2.02 bits per heavy atom. The standard InChI is InChI=1S/C36H36O11/c1-3-33(39)44-19-7-5-4-6-18-43-30-15-11-26(12-16-30)36(42)47-32-17-13-27(21-29(32)24-38)35(41)45-20-8-9-34(40)46-31-14-10-25(2)28(22-31)23-37/h3,10-17,21-24H,1,4-9,18-20H2,2H3. The second kappa shape index (κ2) is 19.1. The van der Waals surface area contributed by atoms with Crippen LogP contribution in [0.5, 0.6) is 17.2 Å². The minimum absolute atomic E-state index is 0.0250. The van der Waals surface area contributed by atoms with Gasteiger partial charge in [0.25, 0.3) is 0 Å². The molecule has 0 amide bonds. The van der Waals surface area contributed by atoms with E-state index in [-0.39, 0.29) is 47.6 Å². The average molecular weight is 645 g/mol. The molecule has 0 heterocycles. The maximum Gasteiger partial charge on any atom is 0.343 e. The van der Waals surface area contributed by atoms with Gasteiger partial charge >= 0.3 is 23.9 Å². The van der Waals surface area contributed by atoms with E-state index in [4.69, 9.17) is 23.7 Å². The predicted octanol–water partition coefficient (Wildman–Crippen LogP) is 6.05. The Bertz CT molecular complexity index is 1570. The van der Waals surface area contributed by atoms with Crippen LogP contribution in [-0.2, 0) is 19.1 Å². The third kappa shape index (κ3) is 12.0. The fourth-order valence-corrected chi connectivity index (χ4v) is 4.14. The third-order valence-corrected chi connectivity index (χ3v) is 6.75. The largest absolute Gasteiger partial charge is 0.494 e. The summed E-state index contributed by atoms with van der Waals surface area (Å²) in [5.41, 5.74) is 1.45. The van der Waals surface area contributed by atoms with Gasteiger partial charge in [-0.2, -0.15) is 0 Å². The molecule has 0 radical (unpaired) electrons. The van der Waals surface area contributed by atoms with Crippen LogP contribution >= 0.6 is 0 Å². The van der Waals surface area contributed by atoms with Gasteiger partial charge in [-0.15, -0.1) is 0 Å². The van der Waals surface area contributed by atoms with Crippen molar-refractivity contribution in [3.05, 3.63) is 101 Å². The van der Waals surface area contributed by atoms with Crippen LogP contribution in [-0.4, -0.2) is 56.3 Å². The first kappa shape index (κ1) is 35.9. The SMILES string of the molecule is C=CC(=O)OCCCCCCOc1ccc(C(=O)Oc2ccc(C(=O)OCCCC(=O)Oc3ccc(C)c(C=O)c3)cc2C=O)cc1. The molecule has 0 saturated carbocycles. The molecule has 0 spiro atoms. The zero-order chi connectivity index (χ0) is 34.0. The van der Waals surface area contributed by atoms with Gasteiger partial charge in [-0.1, -0.05) is 12.6 Å². The first-order valence-electron chi connectivity index (χ1n) is 15.0. The number of benzene rings is 3. The Morgan fingerprint density at radius 1 is 0.660 bits per heavy atom. The number of hydrogen-bond donors (Lipinski definition) is 0. The molecule has 246 valence electrons. The number of unbranched alkanes of at least 4 members (excludes halogenated alkanes) is 3. The van der Waals surface area contributed by atoms with Gasteiger partial charge < -0.3 is 23.7 Å². The molecule has 0 bridgehead atoms. The molecule has 0 aliphatic carbocycles. The quantitative estimate of drug-likeness (QED) is 0.0494. The maximum atomic E-state index is 12.7. The zero-order valence-electron chi connectivity index (χ0n) is 26.1. The smallest absolute Gasteiger partial charge is 0.343 e. The van der Waals surface area contributed by atoms with Gasteiger partial charge in [0.1, 0.15) is 23.5 Å². The van der Waals surface area contributed by atoms with Crippen LogP contribution in [0.15, 0.2) is 73.3 Å². The lowest BCUT2D eigenvalue weighted by molar-refractivity contribution is -0.138. The first-order chi connectivity index (χ1) is 22.7. The monoisotopic (exact) mass is 644 g/mol. The number of carbonyl (C=O) groups is 6. The van der Waals surface area contributed by atoms with Crippen molar-refractivity contribution in [2.45, 2.75) is 45.4 Å². The van der Waals surface area contributed by atoms with E-state index in [0.717, 1.165) is 37.3 Å². The molecular formula is C36H36O11. The highest BCUT2D eigenvalue weighted by Crippen LogP contribution is 2.22. The summed E-state index contributed by atoms with van der Waals surface area (Å²) in [7, 11) is 0. The van der Waals surface area contributed by atoms with Gasteiger partial charge in [-0.3, -0.25) is 14.4 Å². The molecule has 0 aliphatic heterocycles. The molecule has 11 nitrogen and oxygen atoms in total. The number of carbonyl (C=O) groups excluding carboxylic acids is 6. The maximum absolute atomic E-state index is 12.7. The van der Waals surface area contributed by atoms with Gasteiger partial charge in [-0.25, -0.2) is 14.4 Å². The molecule has 0 atom stereocenters. The summed E-state index contributed by atoms with van der Waals surface area (Å²) in [4.78, 5) is 71.0. The number of rotatable bonds is 19. The molecule has 0 aromatic heterocycles. The summed E-state index contributed by atoms with van der Waals surface area (Å²) < 4.78 is 26.4. The zero-order valence-corrected chi connectivity index (χ0v) is 26.1. The summed E-state index contributed by atoms with van der Waals surface area (Å²) >= 11 is 0. The summed E-state index contributed by atoms with van der Waals surface area (Å²) in [5.74, 6) is -1.61. The highest BCUT2D eigenvalue weighted by Gasteiger charge is 2.16. The van der Waals surface area contributed by atoms with E-state index in [9.17, 15) is 28.8 Å².